The second-order valence-corrected chi connectivity index (χ2v) is 5.66. The van der Waals surface area contributed by atoms with Crippen molar-refractivity contribution >= 4 is 5.97 Å². The Hall–Kier alpha value is -0.830. The number of ether oxygens (including phenoxy) is 1. The van der Waals surface area contributed by atoms with Crippen LogP contribution in [-0.4, -0.2) is 37.1 Å². The van der Waals surface area contributed by atoms with Crippen molar-refractivity contribution in [2.45, 2.75) is 45.4 Å². The molecule has 0 radical (unpaired) electrons. The highest BCUT2D eigenvalue weighted by Crippen LogP contribution is 2.45. The summed E-state index contributed by atoms with van der Waals surface area (Å²) < 4.78 is 4.86. The molecule has 2 aliphatic rings. The molecule has 3 heteroatoms. The fraction of sp³-hybridized carbons (Fsp3) is 0.800. The molecule has 0 amide bonds. The van der Waals surface area contributed by atoms with Crippen LogP contribution in [0.25, 0.3) is 0 Å². The molecule has 0 atom stereocenters. The molecular weight excluding hydrogens is 226 g/mol. The Morgan fingerprint density at radius 2 is 1.89 bits per heavy atom. The molecule has 1 spiro atoms. The van der Waals surface area contributed by atoms with Crippen molar-refractivity contribution in [3.8, 4) is 0 Å². The van der Waals surface area contributed by atoms with Crippen LogP contribution >= 0.6 is 0 Å². The van der Waals surface area contributed by atoms with E-state index in [1.165, 1.54) is 51.6 Å². The summed E-state index contributed by atoms with van der Waals surface area (Å²) in [7, 11) is 0. The van der Waals surface area contributed by atoms with Crippen LogP contribution in [-0.2, 0) is 9.53 Å². The summed E-state index contributed by atoms with van der Waals surface area (Å²) in [6.07, 6.45) is 11.9. The Labute approximate surface area is 110 Å². The number of carbonyl (C=O) groups excluding carboxylic acids is 1. The lowest BCUT2D eigenvalue weighted by atomic mass is 9.77. The van der Waals surface area contributed by atoms with Gasteiger partial charge < -0.3 is 4.74 Å². The van der Waals surface area contributed by atoms with Gasteiger partial charge >= 0.3 is 5.97 Å². The van der Waals surface area contributed by atoms with Gasteiger partial charge in [0.15, 0.2) is 0 Å². The minimum atomic E-state index is -0.221. The maximum Gasteiger partial charge on any atom is 0.330 e. The van der Waals surface area contributed by atoms with Gasteiger partial charge in [-0.3, -0.25) is 4.90 Å². The van der Waals surface area contributed by atoms with Gasteiger partial charge in [0.25, 0.3) is 0 Å². The number of piperidine rings is 1. The number of carbonyl (C=O) groups is 1. The molecule has 0 aromatic heterocycles. The van der Waals surface area contributed by atoms with Gasteiger partial charge in [-0.1, -0.05) is 18.9 Å². The van der Waals surface area contributed by atoms with Crippen molar-refractivity contribution in [3.05, 3.63) is 12.2 Å². The number of hydrogen-bond donors (Lipinski definition) is 0. The second-order valence-electron chi connectivity index (χ2n) is 5.66. The van der Waals surface area contributed by atoms with E-state index >= 15 is 0 Å². The molecule has 2 fully saturated rings. The summed E-state index contributed by atoms with van der Waals surface area (Å²) in [5.41, 5.74) is 0.682. The normalized spacial score (nSPS) is 23.8. The van der Waals surface area contributed by atoms with Gasteiger partial charge in [-0.2, -0.15) is 0 Å². The lowest BCUT2D eigenvalue weighted by molar-refractivity contribution is -0.137. The molecule has 1 saturated heterocycles. The molecule has 0 N–H and O–H groups in total. The summed E-state index contributed by atoms with van der Waals surface area (Å²) in [5.74, 6) is -0.221. The Balaban J connectivity index is 1.69. The third-order valence-electron chi connectivity index (χ3n) is 4.49. The number of nitrogens with zero attached hydrogens (tertiary/aromatic N) is 1. The molecule has 1 aliphatic heterocycles. The molecule has 102 valence electrons. The second kappa shape index (κ2) is 6.37. The molecule has 1 saturated carbocycles. The molecular formula is C15H25NO2. The van der Waals surface area contributed by atoms with Crippen LogP contribution in [0, 0.1) is 5.41 Å². The minimum absolute atomic E-state index is 0.221. The van der Waals surface area contributed by atoms with E-state index < -0.39 is 0 Å². The molecule has 1 aliphatic carbocycles. The minimum Gasteiger partial charge on any atom is -0.463 e. The van der Waals surface area contributed by atoms with E-state index in [0.29, 0.717) is 12.0 Å². The van der Waals surface area contributed by atoms with Crippen molar-refractivity contribution < 1.29 is 9.53 Å². The van der Waals surface area contributed by atoms with E-state index in [-0.39, 0.29) is 5.97 Å². The Bertz CT molecular complexity index is 296. The average Bonchev–Trinajstić information content (AvgIpc) is 2.81. The van der Waals surface area contributed by atoms with Crippen molar-refractivity contribution in [2.24, 2.45) is 5.41 Å². The van der Waals surface area contributed by atoms with E-state index in [1.54, 1.807) is 6.08 Å². The summed E-state index contributed by atoms with van der Waals surface area (Å²) in [4.78, 5) is 13.6. The topological polar surface area (TPSA) is 29.5 Å². The standard InChI is InChI=1S/C15H25NO2/c1-2-18-14(17)6-5-11-16-12-9-15(10-13-16)7-3-4-8-15/h5-6H,2-4,7-13H2,1H3/b6-5+. The summed E-state index contributed by atoms with van der Waals surface area (Å²) in [6, 6.07) is 0. The first-order valence-electron chi connectivity index (χ1n) is 7.30. The lowest BCUT2D eigenvalue weighted by Gasteiger charge is -2.39. The Morgan fingerprint density at radius 3 is 2.50 bits per heavy atom. The molecule has 0 aromatic rings. The van der Waals surface area contributed by atoms with E-state index in [1.807, 2.05) is 13.0 Å². The molecule has 3 nitrogen and oxygen atoms in total. The number of likely N-dealkylation sites (tertiary alicyclic amines) is 1. The third-order valence-corrected chi connectivity index (χ3v) is 4.49. The van der Waals surface area contributed by atoms with Crippen molar-refractivity contribution in [2.75, 3.05) is 26.2 Å². The summed E-state index contributed by atoms with van der Waals surface area (Å²) >= 11 is 0. The number of hydrogen-bond acceptors (Lipinski definition) is 3. The zero-order valence-electron chi connectivity index (χ0n) is 11.5. The number of rotatable bonds is 4. The van der Waals surface area contributed by atoms with Crippen LogP contribution in [0.1, 0.15) is 45.4 Å². The Morgan fingerprint density at radius 1 is 1.22 bits per heavy atom. The molecule has 0 aromatic carbocycles. The SMILES string of the molecule is CCOC(=O)/C=C/CN1CCC2(CCCC2)CC1. The van der Waals surface area contributed by atoms with Crippen molar-refractivity contribution in [1.29, 1.82) is 0 Å². The first-order valence-corrected chi connectivity index (χ1v) is 7.30. The molecule has 2 rings (SSSR count). The van der Waals surface area contributed by atoms with Crippen LogP contribution in [0.2, 0.25) is 0 Å². The maximum absolute atomic E-state index is 11.2. The van der Waals surface area contributed by atoms with Crippen molar-refractivity contribution in [3.63, 3.8) is 0 Å². The zero-order chi connectivity index (χ0) is 12.8. The number of esters is 1. The molecule has 18 heavy (non-hydrogen) atoms. The molecule has 0 bridgehead atoms. The average molecular weight is 251 g/mol. The van der Waals surface area contributed by atoms with Gasteiger partial charge in [0, 0.05) is 12.6 Å². The fourth-order valence-corrected chi connectivity index (χ4v) is 3.32. The van der Waals surface area contributed by atoms with Crippen LogP contribution < -0.4 is 0 Å². The summed E-state index contributed by atoms with van der Waals surface area (Å²) in [5, 5.41) is 0. The molecule has 0 unspecified atom stereocenters. The van der Waals surface area contributed by atoms with E-state index in [9.17, 15) is 4.79 Å². The Kier molecular flexibility index (Phi) is 4.81. The lowest BCUT2D eigenvalue weighted by Crippen LogP contribution is -2.38. The quantitative estimate of drug-likeness (QED) is 0.568. The third kappa shape index (κ3) is 3.58. The van der Waals surface area contributed by atoms with E-state index in [0.717, 1.165) is 6.54 Å². The zero-order valence-corrected chi connectivity index (χ0v) is 11.5. The monoisotopic (exact) mass is 251 g/mol. The van der Waals surface area contributed by atoms with Gasteiger partial charge in [-0.15, -0.1) is 0 Å². The predicted octanol–water partition coefficient (Wildman–Crippen LogP) is 2.76. The predicted molar refractivity (Wildman–Crippen MR) is 72.3 cm³/mol. The smallest absolute Gasteiger partial charge is 0.330 e. The first kappa shape index (κ1) is 13.6. The first-order chi connectivity index (χ1) is 8.74. The van der Waals surface area contributed by atoms with E-state index in [4.69, 9.17) is 4.74 Å². The maximum atomic E-state index is 11.2. The van der Waals surface area contributed by atoms with E-state index in [2.05, 4.69) is 4.90 Å². The van der Waals surface area contributed by atoms with Crippen LogP contribution in [0.15, 0.2) is 12.2 Å². The van der Waals surface area contributed by atoms with Gasteiger partial charge in [0.1, 0.15) is 0 Å². The van der Waals surface area contributed by atoms with Crippen LogP contribution in [0.4, 0.5) is 0 Å². The largest absolute Gasteiger partial charge is 0.463 e. The highest BCUT2D eigenvalue weighted by molar-refractivity contribution is 5.81. The van der Waals surface area contributed by atoms with Gasteiger partial charge in [-0.05, 0) is 51.1 Å². The fourth-order valence-electron chi connectivity index (χ4n) is 3.32. The van der Waals surface area contributed by atoms with Gasteiger partial charge in [0.05, 0.1) is 6.61 Å². The van der Waals surface area contributed by atoms with Gasteiger partial charge in [0.2, 0.25) is 0 Å². The summed E-state index contributed by atoms with van der Waals surface area (Å²) in [6.45, 7) is 5.54. The van der Waals surface area contributed by atoms with Crippen LogP contribution in [0.5, 0.6) is 0 Å². The van der Waals surface area contributed by atoms with Crippen LogP contribution in [0.3, 0.4) is 0 Å². The molecule has 1 heterocycles. The van der Waals surface area contributed by atoms with Crippen molar-refractivity contribution in [1.82, 2.24) is 4.90 Å². The highest BCUT2D eigenvalue weighted by Gasteiger charge is 2.36. The highest BCUT2D eigenvalue weighted by atomic mass is 16.5. The van der Waals surface area contributed by atoms with Gasteiger partial charge in [-0.25, -0.2) is 4.79 Å².